The summed E-state index contributed by atoms with van der Waals surface area (Å²) in [4.78, 5) is 0. The number of thioether (sulfide) groups is 2. The predicted molar refractivity (Wildman–Crippen MR) is 74.7 cm³/mol. The minimum atomic E-state index is 0.322. The summed E-state index contributed by atoms with van der Waals surface area (Å²) < 4.78 is 0.888. The van der Waals surface area contributed by atoms with Gasteiger partial charge in [0.05, 0.1) is 4.58 Å². The smallest absolute Gasteiger partial charge is 0.0756 e. The molecule has 0 aliphatic carbocycles. The zero-order valence-electron chi connectivity index (χ0n) is 9.99. The normalized spacial score (nSPS) is 13.9. The van der Waals surface area contributed by atoms with E-state index in [1.807, 2.05) is 23.5 Å². The lowest BCUT2D eigenvalue weighted by Gasteiger charge is -2.25. The first-order valence-electron chi connectivity index (χ1n) is 5.37. The van der Waals surface area contributed by atoms with Crippen LogP contribution in [0, 0.1) is 0 Å². The molecule has 0 saturated carbocycles. The summed E-state index contributed by atoms with van der Waals surface area (Å²) in [6.07, 6.45) is 0. The van der Waals surface area contributed by atoms with E-state index in [0.717, 1.165) is 0 Å². The van der Waals surface area contributed by atoms with Gasteiger partial charge in [-0.15, -0.1) is 23.5 Å². The van der Waals surface area contributed by atoms with Crippen LogP contribution >= 0.6 is 23.5 Å². The van der Waals surface area contributed by atoms with Crippen molar-refractivity contribution in [2.75, 3.05) is 5.75 Å². The lowest BCUT2D eigenvalue weighted by Crippen LogP contribution is -2.10. The molecular formula is C13H20S2. The quantitative estimate of drug-likeness (QED) is 0.681. The third-order valence-electron chi connectivity index (χ3n) is 1.85. The van der Waals surface area contributed by atoms with Gasteiger partial charge in [0.1, 0.15) is 0 Å². The molecule has 0 fully saturated rings. The van der Waals surface area contributed by atoms with Crippen LogP contribution < -0.4 is 0 Å². The van der Waals surface area contributed by atoms with E-state index in [0.29, 0.717) is 9.33 Å². The largest absolute Gasteiger partial charge is 0.143 e. The second-order valence-corrected chi connectivity index (χ2v) is 8.04. The van der Waals surface area contributed by atoms with Gasteiger partial charge in [-0.1, -0.05) is 58.0 Å². The summed E-state index contributed by atoms with van der Waals surface area (Å²) >= 11 is 4.06. The van der Waals surface area contributed by atoms with Gasteiger partial charge >= 0.3 is 0 Å². The summed E-state index contributed by atoms with van der Waals surface area (Å²) in [5.41, 5.74) is 1.43. The fraction of sp³-hybridized carbons (Fsp3) is 0.538. The van der Waals surface area contributed by atoms with Gasteiger partial charge < -0.3 is 0 Å². The van der Waals surface area contributed by atoms with Gasteiger partial charge in [0.25, 0.3) is 0 Å². The monoisotopic (exact) mass is 240 g/mol. The van der Waals surface area contributed by atoms with E-state index in [-0.39, 0.29) is 0 Å². The molecule has 0 bridgehead atoms. The van der Waals surface area contributed by atoms with Crippen molar-refractivity contribution in [2.24, 2.45) is 0 Å². The second-order valence-electron chi connectivity index (χ2n) is 4.43. The number of rotatable bonds is 4. The second kappa shape index (κ2) is 5.86. The lowest BCUT2D eigenvalue weighted by molar-refractivity contribution is 0.801. The van der Waals surface area contributed by atoms with E-state index in [1.165, 1.54) is 11.3 Å². The van der Waals surface area contributed by atoms with Crippen LogP contribution in [0.25, 0.3) is 0 Å². The van der Waals surface area contributed by atoms with Crippen LogP contribution in [-0.2, 0) is 0 Å². The van der Waals surface area contributed by atoms with Crippen LogP contribution in [0.4, 0.5) is 0 Å². The van der Waals surface area contributed by atoms with E-state index >= 15 is 0 Å². The molecule has 0 saturated heterocycles. The summed E-state index contributed by atoms with van der Waals surface area (Å²) in [7, 11) is 0. The van der Waals surface area contributed by atoms with Crippen molar-refractivity contribution in [3.05, 3.63) is 35.9 Å². The minimum absolute atomic E-state index is 0.322. The highest BCUT2D eigenvalue weighted by atomic mass is 32.2. The molecular weight excluding hydrogens is 220 g/mol. The van der Waals surface area contributed by atoms with Gasteiger partial charge in [0.15, 0.2) is 0 Å². The fourth-order valence-electron chi connectivity index (χ4n) is 1.28. The number of hydrogen-bond acceptors (Lipinski definition) is 2. The van der Waals surface area contributed by atoms with Gasteiger partial charge in [0, 0.05) is 4.75 Å². The van der Waals surface area contributed by atoms with Crippen molar-refractivity contribution < 1.29 is 0 Å². The molecule has 1 unspecified atom stereocenters. The van der Waals surface area contributed by atoms with Crippen molar-refractivity contribution >= 4 is 23.5 Å². The molecule has 0 aliphatic heterocycles. The Kier molecular flexibility index (Phi) is 5.07. The van der Waals surface area contributed by atoms with E-state index in [2.05, 4.69) is 58.0 Å². The molecule has 0 heterocycles. The highest BCUT2D eigenvalue weighted by molar-refractivity contribution is 8.16. The van der Waals surface area contributed by atoms with E-state index in [9.17, 15) is 0 Å². The zero-order valence-corrected chi connectivity index (χ0v) is 11.6. The molecule has 0 nitrogen and oxygen atoms in total. The molecule has 0 spiro atoms. The molecule has 1 aromatic rings. The first kappa shape index (κ1) is 13.0. The van der Waals surface area contributed by atoms with Crippen molar-refractivity contribution in [2.45, 2.75) is 37.0 Å². The Hall–Kier alpha value is -0.0800. The minimum Gasteiger partial charge on any atom is -0.143 e. The van der Waals surface area contributed by atoms with Crippen LogP contribution in [0.2, 0.25) is 0 Å². The first-order valence-corrected chi connectivity index (χ1v) is 7.30. The maximum atomic E-state index is 2.28. The maximum Gasteiger partial charge on any atom is 0.0756 e. The Labute approximate surface area is 102 Å². The van der Waals surface area contributed by atoms with Gasteiger partial charge in [-0.3, -0.25) is 0 Å². The summed E-state index contributed by atoms with van der Waals surface area (Å²) in [5, 5.41) is 0. The molecule has 0 N–H and O–H groups in total. The van der Waals surface area contributed by atoms with Gasteiger partial charge in [-0.2, -0.15) is 0 Å². The van der Waals surface area contributed by atoms with E-state index < -0.39 is 0 Å². The Balaban J connectivity index is 2.75. The Morgan fingerprint density at radius 3 is 2.20 bits per heavy atom. The SMILES string of the molecule is CCSC(SC(C)(C)C)c1ccccc1. The predicted octanol–water partition coefficient (Wildman–Crippen LogP) is 4.97. The van der Waals surface area contributed by atoms with Crippen LogP contribution in [0.1, 0.15) is 37.8 Å². The Bertz CT molecular complexity index is 274. The van der Waals surface area contributed by atoms with E-state index in [1.54, 1.807) is 0 Å². The van der Waals surface area contributed by atoms with Gasteiger partial charge in [-0.25, -0.2) is 0 Å². The lowest BCUT2D eigenvalue weighted by atomic mass is 10.2. The standard InChI is InChI=1S/C13H20S2/c1-5-14-12(15-13(2,3)4)11-9-7-6-8-10-11/h6-10,12H,5H2,1-4H3. The molecule has 1 rings (SSSR count). The summed E-state index contributed by atoms with van der Waals surface area (Å²) in [6, 6.07) is 10.8. The van der Waals surface area contributed by atoms with Crippen molar-refractivity contribution in [1.29, 1.82) is 0 Å². The third kappa shape index (κ3) is 4.98. The first-order chi connectivity index (χ1) is 7.03. The highest BCUT2D eigenvalue weighted by Gasteiger charge is 2.20. The Morgan fingerprint density at radius 1 is 1.13 bits per heavy atom. The topological polar surface area (TPSA) is 0 Å². The average molecular weight is 240 g/mol. The van der Waals surface area contributed by atoms with Crippen molar-refractivity contribution in [1.82, 2.24) is 0 Å². The van der Waals surface area contributed by atoms with E-state index in [4.69, 9.17) is 0 Å². The van der Waals surface area contributed by atoms with Crippen molar-refractivity contribution in [3.63, 3.8) is 0 Å². The molecule has 0 aliphatic rings. The van der Waals surface area contributed by atoms with Crippen molar-refractivity contribution in [3.8, 4) is 0 Å². The van der Waals surface area contributed by atoms with Gasteiger partial charge in [0.2, 0.25) is 0 Å². The maximum absolute atomic E-state index is 2.28. The summed E-state index contributed by atoms with van der Waals surface area (Å²) in [5.74, 6) is 1.17. The molecule has 0 aromatic heterocycles. The van der Waals surface area contributed by atoms with Crippen LogP contribution in [-0.4, -0.2) is 10.5 Å². The zero-order chi connectivity index (χ0) is 11.3. The Morgan fingerprint density at radius 2 is 1.73 bits per heavy atom. The molecule has 15 heavy (non-hydrogen) atoms. The highest BCUT2D eigenvalue weighted by Crippen LogP contribution is 2.45. The molecule has 1 aromatic carbocycles. The van der Waals surface area contributed by atoms with Gasteiger partial charge in [-0.05, 0) is 11.3 Å². The molecule has 0 radical (unpaired) electrons. The fourth-order valence-corrected chi connectivity index (χ4v) is 4.42. The molecule has 84 valence electrons. The van der Waals surface area contributed by atoms with Crippen LogP contribution in [0.15, 0.2) is 30.3 Å². The number of benzene rings is 1. The van der Waals surface area contributed by atoms with Crippen LogP contribution in [0.3, 0.4) is 0 Å². The number of hydrogen-bond donors (Lipinski definition) is 0. The molecule has 0 amide bonds. The van der Waals surface area contributed by atoms with Crippen LogP contribution in [0.5, 0.6) is 0 Å². The average Bonchev–Trinajstić information content (AvgIpc) is 2.17. The summed E-state index contributed by atoms with van der Waals surface area (Å²) in [6.45, 7) is 9.07. The third-order valence-corrected chi connectivity index (χ3v) is 4.65. The molecule has 2 heteroatoms. The molecule has 1 atom stereocenters.